The van der Waals surface area contributed by atoms with E-state index in [1.54, 1.807) is 12.3 Å². The van der Waals surface area contributed by atoms with E-state index in [4.69, 9.17) is 9.36 Å². The lowest BCUT2D eigenvalue weighted by atomic mass is 10.1. The van der Waals surface area contributed by atoms with E-state index in [0.29, 0.717) is 5.58 Å². The Balaban J connectivity index is 2.43. The highest BCUT2D eigenvalue weighted by Gasteiger charge is 2.12. The zero-order valence-electron chi connectivity index (χ0n) is 6.52. The molecule has 0 saturated carbocycles. The third-order valence-electron chi connectivity index (χ3n) is 1.93. The largest absolute Gasteiger partial charge is 0.390 e. The van der Waals surface area contributed by atoms with Crippen LogP contribution in [-0.4, -0.2) is 10.4 Å². The van der Waals surface area contributed by atoms with Gasteiger partial charge < -0.3 is 9.36 Å². The highest BCUT2D eigenvalue weighted by atomic mass is 16.6. The number of benzene rings is 1. The van der Waals surface area contributed by atoms with E-state index in [2.05, 4.69) is 15.9 Å². The maximum atomic E-state index is 5.01. The molecule has 1 N–H and O–H groups in total. The Labute approximate surface area is 72.9 Å². The Morgan fingerprint density at radius 1 is 1.31 bits per heavy atom. The predicted molar refractivity (Wildman–Crippen MR) is 45.5 cm³/mol. The fourth-order valence-corrected chi connectivity index (χ4v) is 1.32. The lowest BCUT2D eigenvalue weighted by Gasteiger charge is -2.11. The zero-order chi connectivity index (χ0) is 8.67. The van der Waals surface area contributed by atoms with Gasteiger partial charge in [0.25, 0.3) is 0 Å². The van der Waals surface area contributed by atoms with Crippen molar-refractivity contribution in [2.24, 2.45) is 0 Å². The Morgan fingerprint density at radius 3 is 3.31 bits per heavy atom. The first-order valence-corrected chi connectivity index (χ1v) is 3.78. The van der Waals surface area contributed by atoms with E-state index < -0.39 is 0 Å². The fraction of sp³-hybridized carbons (Fsp3) is 0. The van der Waals surface area contributed by atoms with Crippen molar-refractivity contribution >= 4 is 22.9 Å². The average Bonchev–Trinajstić information content (AvgIpc) is 2.65. The van der Waals surface area contributed by atoms with Crippen molar-refractivity contribution in [1.29, 1.82) is 0 Å². The summed E-state index contributed by atoms with van der Waals surface area (Å²) in [7, 11) is 0. The number of nitrogens with zero attached hydrogens (tertiary/aromatic N) is 2. The third-order valence-corrected chi connectivity index (χ3v) is 1.93. The highest BCUT2D eigenvalue weighted by molar-refractivity contribution is 5.89. The summed E-state index contributed by atoms with van der Waals surface area (Å²) in [5, 5.41) is 7.29. The molecule has 0 fully saturated rings. The van der Waals surface area contributed by atoms with Crippen LogP contribution in [0.5, 0.6) is 0 Å². The summed E-state index contributed by atoms with van der Waals surface area (Å²) in [5.74, 6) is 0. The Kier molecular flexibility index (Phi) is 1.11. The van der Waals surface area contributed by atoms with Gasteiger partial charge in [-0.25, -0.2) is 5.48 Å². The average molecular weight is 175 g/mol. The molecule has 64 valence electrons. The number of fused-ring (bicyclic) bond motifs is 3. The van der Waals surface area contributed by atoms with E-state index in [-0.39, 0.29) is 0 Å². The van der Waals surface area contributed by atoms with Crippen LogP contribution in [-0.2, 0) is 4.84 Å². The second kappa shape index (κ2) is 2.22. The smallest absolute Gasteiger partial charge is 0.196 e. The van der Waals surface area contributed by atoms with Gasteiger partial charge in [0, 0.05) is 5.27 Å². The van der Waals surface area contributed by atoms with Crippen molar-refractivity contribution in [3.05, 3.63) is 24.0 Å². The molecule has 5 nitrogen and oxygen atoms in total. The van der Waals surface area contributed by atoms with E-state index >= 15 is 0 Å². The molecule has 0 unspecified atom stereocenters. The maximum absolute atomic E-state index is 5.01. The summed E-state index contributed by atoms with van der Waals surface area (Å²) in [6.07, 6.45) is 3.35. The fourth-order valence-electron chi connectivity index (χ4n) is 1.32. The standard InChI is InChI=1S/C8H5N3O2/c1-2-7-8(13-11-9-7)5-3-4-12-10-6(1)5/h1-4,10H. The van der Waals surface area contributed by atoms with Gasteiger partial charge in [0.1, 0.15) is 11.8 Å². The lowest BCUT2D eigenvalue weighted by molar-refractivity contribution is 0.329. The van der Waals surface area contributed by atoms with Crippen molar-refractivity contribution in [2.75, 3.05) is 5.48 Å². The van der Waals surface area contributed by atoms with Gasteiger partial charge in [-0.15, -0.1) is 5.10 Å². The minimum absolute atomic E-state index is 0.671. The molecule has 1 aliphatic heterocycles. The first-order valence-electron chi connectivity index (χ1n) is 3.78. The molecule has 3 rings (SSSR count). The number of anilines is 1. The van der Waals surface area contributed by atoms with Gasteiger partial charge >= 0.3 is 0 Å². The molecule has 2 heterocycles. The van der Waals surface area contributed by atoms with E-state index in [1.807, 2.05) is 12.1 Å². The number of rotatable bonds is 0. The summed E-state index contributed by atoms with van der Waals surface area (Å²) in [4.78, 5) is 4.91. The first kappa shape index (κ1) is 6.47. The lowest BCUT2D eigenvalue weighted by Crippen LogP contribution is -2.01. The number of nitrogens with one attached hydrogen (secondary N) is 1. The Bertz CT molecular complexity index is 489. The molecule has 0 amide bonds. The predicted octanol–water partition coefficient (Wildman–Crippen LogP) is 1.55. The summed E-state index contributed by atoms with van der Waals surface area (Å²) < 4.78 is 5.01. The van der Waals surface area contributed by atoms with Crippen molar-refractivity contribution in [3.63, 3.8) is 0 Å². The Hall–Kier alpha value is -2.04. The SMILES string of the molecule is C1=Cc2c(ccc3nnoc23)NO1. The zero-order valence-corrected chi connectivity index (χ0v) is 6.52. The van der Waals surface area contributed by atoms with Crippen molar-refractivity contribution in [2.45, 2.75) is 0 Å². The van der Waals surface area contributed by atoms with Crippen LogP contribution in [0.15, 0.2) is 22.9 Å². The van der Waals surface area contributed by atoms with E-state index in [1.165, 1.54) is 0 Å². The van der Waals surface area contributed by atoms with Crippen LogP contribution >= 0.6 is 0 Å². The van der Waals surface area contributed by atoms with Crippen molar-refractivity contribution in [3.8, 4) is 0 Å². The molecule has 1 aliphatic rings. The van der Waals surface area contributed by atoms with Gasteiger partial charge in [0.15, 0.2) is 5.58 Å². The monoisotopic (exact) mass is 175 g/mol. The minimum atomic E-state index is 0.671. The maximum Gasteiger partial charge on any atom is 0.196 e. The van der Waals surface area contributed by atoms with Gasteiger partial charge in [0.2, 0.25) is 0 Å². The summed E-state index contributed by atoms with van der Waals surface area (Å²) >= 11 is 0. The van der Waals surface area contributed by atoms with Crippen LogP contribution in [0.25, 0.3) is 17.2 Å². The minimum Gasteiger partial charge on any atom is -0.390 e. The summed E-state index contributed by atoms with van der Waals surface area (Å²) in [6, 6.07) is 3.69. The van der Waals surface area contributed by atoms with Crippen LogP contribution in [0, 0.1) is 0 Å². The molecule has 0 aliphatic carbocycles. The second-order valence-electron chi connectivity index (χ2n) is 2.67. The van der Waals surface area contributed by atoms with Crippen LogP contribution < -0.4 is 5.48 Å². The topological polar surface area (TPSA) is 60.2 Å². The number of aromatic nitrogens is 2. The van der Waals surface area contributed by atoms with Crippen LogP contribution in [0.4, 0.5) is 5.69 Å². The van der Waals surface area contributed by atoms with E-state index in [9.17, 15) is 0 Å². The molecule has 2 aromatic rings. The van der Waals surface area contributed by atoms with Crippen LogP contribution in [0.3, 0.4) is 0 Å². The molecule has 1 aromatic heterocycles. The number of hydrogen-bond acceptors (Lipinski definition) is 5. The highest BCUT2D eigenvalue weighted by Crippen LogP contribution is 2.28. The van der Waals surface area contributed by atoms with Gasteiger partial charge in [0.05, 0.1) is 11.3 Å². The molecule has 1 aromatic carbocycles. The van der Waals surface area contributed by atoms with Crippen molar-refractivity contribution in [1.82, 2.24) is 10.4 Å². The van der Waals surface area contributed by atoms with E-state index in [0.717, 1.165) is 16.8 Å². The molecule has 0 atom stereocenters. The number of hydrogen-bond donors (Lipinski definition) is 1. The Morgan fingerprint density at radius 2 is 2.31 bits per heavy atom. The quantitative estimate of drug-likeness (QED) is 0.658. The molecular weight excluding hydrogens is 170 g/mol. The molecule has 0 saturated heterocycles. The molecular formula is C8H5N3O2. The van der Waals surface area contributed by atoms with Crippen LogP contribution in [0.2, 0.25) is 0 Å². The van der Waals surface area contributed by atoms with Gasteiger partial charge in [-0.05, 0) is 18.2 Å². The molecule has 13 heavy (non-hydrogen) atoms. The molecule has 0 radical (unpaired) electrons. The van der Waals surface area contributed by atoms with Crippen LogP contribution in [0.1, 0.15) is 5.56 Å². The van der Waals surface area contributed by atoms with Gasteiger partial charge in [-0.3, -0.25) is 0 Å². The molecule has 0 spiro atoms. The summed E-state index contributed by atoms with van der Waals surface area (Å²) in [5.41, 5.74) is 5.92. The third kappa shape index (κ3) is 0.807. The van der Waals surface area contributed by atoms with Gasteiger partial charge in [-0.2, -0.15) is 0 Å². The molecule has 0 bridgehead atoms. The summed E-state index contributed by atoms with van der Waals surface area (Å²) in [6.45, 7) is 0. The second-order valence-corrected chi connectivity index (χ2v) is 2.67. The van der Waals surface area contributed by atoms with Gasteiger partial charge in [-0.1, -0.05) is 0 Å². The normalized spacial score (nSPS) is 13.5. The molecule has 5 heteroatoms. The van der Waals surface area contributed by atoms with Crippen molar-refractivity contribution < 1.29 is 9.36 Å². The first-order chi connectivity index (χ1) is 6.45.